The molecule has 9 heteroatoms. The average Bonchev–Trinajstić information content (AvgIpc) is 3.44. The van der Waals surface area contributed by atoms with Crippen LogP contribution in [-0.4, -0.2) is 17.1 Å². The largest absolute Gasteiger partial charge is 0.463 e. The van der Waals surface area contributed by atoms with Gasteiger partial charge in [0.25, 0.3) is 5.56 Å². The van der Waals surface area contributed by atoms with E-state index >= 15 is 0 Å². The standard InChI is InChI=1S/C27H20ClFN2O4S/c1-3-34-26(33)23-15(2)30-27-31(24(23)17-4-8-18(28)9-5-17)25(32)22(36-27)14-20-12-13-21(35-20)16-6-10-19(29)11-7-16/h4-14,24H,3H2,1-2H3/b22-14-/t24-/m1/s1. The van der Waals surface area contributed by atoms with E-state index in [2.05, 4.69) is 4.99 Å². The Kier molecular flexibility index (Phi) is 6.47. The van der Waals surface area contributed by atoms with Crippen LogP contribution in [0.1, 0.15) is 31.2 Å². The summed E-state index contributed by atoms with van der Waals surface area (Å²) in [6, 6.07) is 15.7. The number of carbonyl (C=O) groups excluding carboxylic acids is 1. The van der Waals surface area contributed by atoms with Gasteiger partial charge < -0.3 is 9.15 Å². The van der Waals surface area contributed by atoms with Crippen LogP contribution in [0.3, 0.4) is 0 Å². The van der Waals surface area contributed by atoms with E-state index in [0.717, 1.165) is 5.56 Å². The summed E-state index contributed by atoms with van der Waals surface area (Å²) in [5.41, 5.74) is 1.90. The van der Waals surface area contributed by atoms with Crippen LogP contribution in [-0.2, 0) is 9.53 Å². The number of nitrogens with zero attached hydrogens (tertiary/aromatic N) is 2. The summed E-state index contributed by atoms with van der Waals surface area (Å²) in [5, 5.41) is 0.541. The Morgan fingerprint density at radius 3 is 2.58 bits per heavy atom. The predicted molar refractivity (Wildman–Crippen MR) is 136 cm³/mol. The second-order valence-corrected chi connectivity index (χ2v) is 9.51. The molecule has 1 aliphatic rings. The van der Waals surface area contributed by atoms with Gasteiger partial charge in [0.2, 0.25) is 0 Å². The van der Waals surface area contributed by atoms with Crippen LogP contribution in [0.2, 0.25) is 5.02 Å². The van der Waals surface area contributed by atoms with Crippen molar-refractivity contribution in [2.45, 2.75) is 19.9 Å². The van der Waals surface area contributed by atoms with Gasteiger partial charge in [-0.25, -0.2) is 14.2 Å². The number of benzene rings is 2. The molecule has 2 aromatic carbocycles. The first kappa shape index (κ1) is 24.0. The number of furan rings is 1. The van der Waals surface area contributed by atoms with E-state index in [-0.39, 0.29) is 18.0 Å². The lowest BCUT2D eigenvalue weighted by Crippen LogP contribution is -2.39. The Morgan fingerprint density at radius 1 is 1.17 bits per heavy atom. The molecule has 0 radical (unpaired) electrons. The molecule has 0 spiro atoms. The molecule has 3 heterocycles. The summed E-state index contributed by atoms with van der Waals surface area (Å²) in [6.45, 7) is 3.65. The summed E-state index contributed by atoms with van der Waals surface area (Å²) in [4.78, 5) is 31.5. The Morgan fingerprint density at radius 2 is 1.89 bits per heavy atom. The average molecular weight is 523 g/mol. The van der Waals surface area contributed by atoms with Crippen molar-refractivity contribution < 1.29 is 18.3 Å². The molecule has 6 nitrogen and oxygen atoms in total. The van der Waals surface area contributed by atoms with Gasteiger partial charge in [-0.3, -0.25) is 9.36 Å². The minimum atomic E-state index is -0.717. The summed E-state index contributed by atoms with van der Waals surface area (Å²) in [6.07, 6.45) is 1.64. The normalized spacial score (nSPS) is 15.6. The lowest BCUT2D eigenvalue weighted by molar-refractivity contribution is -0.139. The maximum absolute atomic E-state index is 13.6. The molecule has 0 amide bonds. The molecule has 0 unspecified atom stereocenters. The third kappa shape index (κ3) is 4.45. The predicted octanol–water partition coefficient (Wildman–Crippen LogP) is 4.85. The topological polar surface area (TPSA) is 73.8 Å². The van der Waals surface area contributed by atoms with Crippen LogP contribution in [0.4, 0.5) is 4.39 Å². The number of esters is 1. The zero-order chi connectivity index (χ0) is 25.4. The number of fused-ring (bicyclic) bond motifs is 1. The molecule has 1 atom stereocenters. The van der Waals surface area contributed by atoms with Crippen molar-refractivity contribution in [1.29, 1.82) is 0 Å². The molecule has 5 rings (SSSR count). The Hall–Kier alpha value is -3.75. The van der Waals surface area contributed by atoms with Crippen molar-refractivity contribution in [1.82, 2.24) is 4.57 Å². The number of hydrogen-bond acceptors (Lipinski definition) is 6. The summed E-state index contributed by atoms with van der Waals surface area (Å²) in [5.74, 6) is 0.153. The van der Waals surface area contributed by atoms with Crippen LogP contribution in [0.25, 0.3) is 17.4 Å². The van der Waals surface area contributed by atoms with Crippen LogP contribution in [0, 0.1) is 5.82 Å². The number of halogens is 2. The number of hydrogen-bond donors (Lipinski definition) is 0. The smallest absolute Gasteiger partial charge is 0.338 e. The maximum atomic E-state index is 13.6. The number of allylic oxidation sites excluding steroid dienone is 1. The number of thiazole rings is 1. The molecule has 0 fully saturated rings. The van der Waals surface area contributed by atoms with Gasteiger partial charge in [0.1, 0.15) is 17.3 Å². The highest BCUT2D eigenvalue weighted by Crippen LogP contribution is 2.31. The zero-order valence-corrected chi connectivity index (χ0v) is 20.9. The molecule has 0 saturated heterocycles. The van der Waals surface area contributed by atoms with E-state index < -0.39 is 12.0 Å². The van der Waals surface area contributed by atoms with E-state index in [1.165, 1.54) is 28.0 Å². The van der Waals surface area contributed by atoms with Gasteiger partial charge in [-0.05, 0) is 67.9 Å². The highest BCUT2D eigenvalue weighted by molar-refractivity contribution is 7.07. The van der Waals surface area contributed by atoms with E-state index in [1.54, 1.807) is 68.5 Å². The molecule has 0 saturated carbocycles. The third-order valence-electron chi connectivity index (χ3n) is 5.73. The molecule has 4 aromatic rings. The van der Waals surface area contributed by atoms with E-state index in [4.69, 9.17) is 20.8 Å². The first-order chi connectivity index (χ1) is 17.4. The minimum Gasteiger partial charge on any atom is -0.463 e. The van der Waals surface area contributed by atoms with Crippen molar-refractivity contribution in [3.8, 4) is 11.3 Å². The monoisotopic (exact) mass is 522 g/mol. The highest BCUT2D eigenvalue weighted by Gasteiger charge is 2.33. The number of aromatic nitrogens is 1. The number of carbonyl (C=O) groups is 1. The first-order valence-electron chi connectivity index (χ1n) is 11.2. The minimum absolute atomic E-state index is 0.197. The van der Waals surface area contributed by atoms with Gasteiger partial charge in [0.15, 0.2) is 4.80 Å². The van der Waals surface area contributed by atoms with Gasteiger partial charge >= 0.3 is 5.97 Å². The van der Waals surface area contributed by atoms with Crippen LogP contribution >= 0.6 is 22.9 Å². The quantitative estimate of drug-likeness (QED) is 0.351. The van der Waals surface area contributed by atoms with Crippen LogP contribution in [0.5, 0.6) is 0 Å². The lowest BCUT2D eigenvalue weighted by atomic mass is 9.96. The maximum Gasteiger partial charge on any atom is 0.338 e. The fourth-order valence-electron chi connectivity index (χ4n) is 4.08. The van der Waals surface area contributed by atoms with E-state index in [1.807, 2.05) is 0 Å². The summed E-state index contributed by atoms with van der Waals surface area (Å²) >= 11 is 7.29. The van der Waals surface area contributed by atoms with Crippen molar-refractivity contribution in [3.63, 3.8) is 0 Å². The van der Waals surface area contributed by atoms with E-state index in [9.17, 15) is 14.0 Å². The Labute approximate surface area is 214 Å². The summed E-state index contributed by atoms with van der Waals surface area (Å²) < 4.78 is 26.3. The van der Waals surface area contributed by atoms with Gasteiger partial charge in [0, 0.05) is 16.7 Å². The third-order valence-corrected chi connectivity index (χ3v) is 6.97. The fraction of sp³-hybridized carbons (Fsp3) is 0.148. The molecule has 0 bridgehead atoms. The molecule has 182 valence electrons. The second-order valence-electron chi connectivity index (χ2n) is 8.06. The lowest BCUT2D eigenvalue weighted by Gasteiger charge is -2.24. The SMILES string of the molecule is CCOC(=O)C1=C(C)N=c2s/c(=C\c3ccc(-c4ccc(F)cc4)o3)c(=O)n2[C@@H]1c1ccc(Cl)cc1. The number of rotatable bonds is 5. The molecule has 36 heavy (non-hydrogen) atoms. The first-order valence-corrected chi connectivity index (χ1v) is 12.4. The number of ether oxygens (including phenoxy) is 1. The second kappa shape index (κ2) is 9.72. The van der Waals surface area contributed by atoms with Crippen LogP contribution < -0.4 is 14.9 Å². The van der Waals surface area contributed by atoms with Crippen molar-refractivity contribution in [3.05, 3.63) is 114 Å². The molecule has 0 N–H and O–H groups in total. The molecule has 2 aromatic heterocycles. The van der Waals surface area contributed by atoms with Crippen molar-refractivity contribution in [2.75, 3.05) is 6.61 Å². The molecular weight excluding hydrogens is 503 g/mol. The fourth-order valence-corrected chi connectivity index (χ4v) is 5.23. The highest BCUT2D eigenvalue weighted by atomic mass is 35.5. The molecule has 1 aliphatic heterocycles. The zero-order valence-electron chi connectivity index (χ0n) is 19.3. The van der Waals surface area contributed by atoms with Gasteiger partial charge in [-0.15, -0.1) is 0 Å². The van der Waals surface area contributed by atoms with Crippen molar-refractivity contribution in [2.24, 2.45) is 4.99 Å². The van der Waals surface area contributed by atoms with E-state index in [0.29, 0.717) is 42.7 Å². The molecular formula is C27H20ClFN2O4S. The van der Waals surface area contributed by atoms with Gasteiger partial charge in [-0.1, -0.05) is 35.1 Å². The van der Waals surface area contributed by atoms with Crippen LogP contribution in [0.15, 0.2) is 86.1 Å². The van der Waals surface area contributed by atoms with Gasteiger partial charge in [0.05, 0.1) is 28.5 Å². The summed E-state index contributed by atoms with van der Waals surface area (Å²) in [7, 11) is 0. The van der Waals surface area contributed by atoms with Crippen molar-refractivity contribution >= 4 is 35.0 Å². The molecule has 0 aliphatic carbocycles. The Bertz CT molecular complexity index is 1660. The van der Waals surface area contributed by atoms with Gasteiger partial charge in [-0.2, -0.15) is 0 Å². The Balaban J connectivity index is 1.63.